The van der Waals surface area contributed by atoms with E-state index in [1.165, 1.54) is 7.11 Å². The molecule has 2 aliphatic heterocycles. The summed E-state index contributed by atoms with van der Waals surface area (Å²) in [6.07, 6.45) is 3.54. The maximum atomic E-state index is 11.7. The average Bonchev–Trinajstić information content (AvgIpc) is 2.75. The number of methoxy groups -OCH3 is 1. The SMILES string of the molecule is CN=C(NCc1ccc(N2CCN(C)CC2)nc1)N1CCC(C(=O)OC)CC1. The lowest BCUT2D eigenvalue weighted by molar-refractivity contribution is -0.146. The van der Waals surface area contributed by atoms with Gasteiger partial charge in [-0.2, -0.15) is 0 Å². The van der Waals surface area contributed by atoms with Gasteiger partial charge in [-0.15, -0.1) is 0 Å². The number of piperazine rings is 1. The minimum Gasteiger partial charge on any atom is -0.469 e. The number of carbonyl (C=O) groups is 1. The van der Waals surface area contributed by atoms with Crippen LogP contribution in [0.4, 0.5) is 5.82 Å². The fraction of sp³-hybridized carbons (Fsp3) is 0.650. The Bertz CT molecular complexity index is 662. The van der Waals surface area contributed by atoms with Crippen LogP contribution >= 0.6 is 0 Å². The van der Waals surface area contributed by atoms with E-state index in [-0.39, 0.29) is 11.9 Å². The normalized spacial score (nSPS) is 19.6. The Morgan fingerprint density at radius 2 is 1.93 bits per heavy atom. The van der Waals surface area contributed by atoms with E-state index in [9.17, 15) is 4.79 Å². The maximum Gasteiger partial charge on any atom is 0.308 e. The molecule has 0 bridgehead atoms. The number of hydrogen-bond donors (Lipinski definition) is 1. The predicted molar refractivity (Wildman–Crippen MR) is 110 cm³/mol. The summed E-state index contributed by atoms with van der Waals surface area (Å²) in [5, 5.41) is 3.42. The van der Waals surface area contributed by atoms with E-state index in [0.717, 1.165) is 69.5 Å². The van der Waals surface area contributed by atoms with E-state index in [0.29, 0.717) is 6.54 Å². The number of anilines is 1. The van der Waals surface area contributed by atoms with E-state index < -0.39 is 0 Å². The molecule has 0 amide bonds. The number of nitrogens with one attached hydrogen (secondary N) is 1. The first-order valence-corrected chi connectivity index (χ1v) is 10.0. The third-order valence-corrected chi connectivity index (χ3v) is 5.63. The number of likely N-dealkylation sites (N-methyl/N-ethyl adjacent to an activating group) is 1. The largest absolute Gasteiger partial charge is 0.469 e. The Kier molecular flexibility index (Phi) is 7.08. The summed E-state index contributed by atoms with van der Waals surface area (Å²) in [5.41, 5.74) is 1.13. The first kappa shape index (κ1) is 20.4. The Labute approximate surface area is 167 Å². The number of aliphatic imine (C=N–C) groups is 1. The van der Waals surface area contributed by atoms with Gasteiger partial charge in [-0.05, 0) is 31.5 Å². The molecule has 2 fully saturated rings. The van der Waals surface area contributed by atoms with Crippen molar-refractivity contribution in [3.8, 4) is 0 Å². The van der Waals surface area contributed by atoms with Crippen LogP contribution in [-0.4, -0.2) is 87.2 Å². The van der Waals surface area contributed by atoms with E-state index in [4.69, 9.17) is 4.74 Å². The maximum absolute atomic E-state index is 11.7. The first-order chi connectivity index (χ1) is 13.6. The van der Waals surface area contributed by atoms with Gasteiger partial charge >= 0.3 is 5.97 Å². The summed E-state index contributed by atoms with van der Waals surface area (Å²) < 4.78 is 4.86. The van der Waals surface area contributed by atoms with Crippen molar-refractivity contribution in [3.63, 3.8) is 0 Å². The Hall–Kier alpha value is -2.35. The lowest BCUT2D eigenvalue weighted by Crippen LogP contribution is -2.46. The predicted octanol–water partition coefficient (Wildman–Crippen LogP) is 0.794. The molecule has 154 valence electrons. The molecule has 2 aliphatic rings. The molecular formula is C20H32N6O2. The van der Waals surface area contributed by atoms with Crippen molar-refractivity contribution in [3.05, 3.63) is 23.9 Å². The van der Waals surface area contributed by atoms with Crippen LogP contribution in [0.2, 0.25) is 0 Å². The smallest absolute Gasteiger partial charge is 0.308 e. The minimum absolute atomic E-state index is 0.00525. The van der Waals surface area contributed by atoms with E-state index in [2.05, 4.69) is 49.2 Å². The molecule has 0 saturated carbocycles. The summed E-state index contributed by atoms with van der Waals surface area (Å²) in [4.78, 5) is 27.6. The molecule has 1 aromatic heterocycles. The van der Waals surface area contributed by atoms with Crippen molar-refractivity contribution in [1.29, 1.82) is 0 Å². The van der Waals surface area contributed by atoms with Crippen LogP contribution in [0.1, 0.15) is 18.4 Å². The van der Waals surface area contributed by atoms with Crippen molar-refractivity contribution in [1.82, 2.24) is 20.1 Å². The standard InChI is InChI=1S/C20H32N6O2/c1-21-20(26-8-6-17(7-9-26)19(27)28-3)23-15-16-4-5-18(22-14-16)25-12-10-24(2)11-13-25/h4-5,14,17H,6-13,15H2,1-3H3,(H,21,23). The van der Waals surface area contributed by atoms with E-state index in [1.54, 1.807) is 7.05 Å². The zero-order chi connectivity index (χ0) is 19.9. The molecule has 0 atom stereocenters. The number of hydrogen-bond acceptors (Lipinski definition) is 6. The molecular weight excluding hydrogens is 356 g/mol. The molecule has 0 unspecified atom stereocenters. The number of likely N-dealkylation sites (tertiary alicyclic amines) is 1. The first-order valence-electron chi connectivity index (χ1n) is 10.0. The number of rotatable bonds is 4. The van der Waals surface area contributed by atoms with Crippen LogP contribution in [0, 0.1) is 5.92 Å². The van der Waals surface area contributed by atoms with Gasteiger partial charge in [0.1, 0.15) is 5.82 Å². The van der Waals surface area contributed by atoms with Gasteiger partial charge < -0.3 is 24.8 Å². The second-order valence-electron chi connectivity index (χ2n) is 7.50. The number of guanidine groups is 1. The molecule has 8 heteroatoms. The second-order valence-corrected chi connectivity index (χ2v) is 7.50. The molecule has 28 heavy (non-hydrogen) atoms. The molecule has 0 radical (unpaired) electrons. The quantitative estimate of drug-likeness (QED) is 0.464. The Balaban J connectivity index is 1.48. The van der Waals surface area contributed by atoms with Gasteiger partial charge in [-0.25, -0.2) is 4.98 Å². The summed E-state index contributed by atoms with van der Waals surface area (Å²) in [6.45, 7) is 6.49. The lowest BCUT2D eigenvalue weighted by Gasteiger charge is -2.33. The molecule has 8 nitrogen and oxygen atoms in total. The number of pyridine rings is 1. The number of carbonyl (C=O) groups excluding carboxylic acids is 1. The van der Waals surface area contributed by atoms with Crippen molar-refractivity contribution in [2.75, 3.05) is 65.4 Å². The van der Waals surface area contributed by atoms with Crippen LogP contribution in [0.3, 0.4) is 0 Å². The number of esters is 1. The average molecular weight is 389 g/mol. The van der Waals surface area contributed by atoms with Crippen LogP contribution in [-0.2, 0) is 16.1 Å². The monoisotopic (exact) mass is 388 g/mol. The third kappa shape index (κ3) is 5.13. The van der Waals surface area contributed by atoms with Crippen LogP contribution < -0.4 is 10.2 Å². The van der Waals surface area contributed by atoms with Gasteiger partial charge in [0.15, 0.2) is 5.96 Å². The topological polar surface area (TPSA) is 73.3 Å². The van der Waals surface area contributed by atoms with Gasteiger partial charge in [0.25, 0.3) is 0 Å². The minimum atomic E-state index is -0.103. The number of ether oxygens (including phenoxy) is 1. The van der Waals surface area contributed by atoms with Gasteiger partial charge in [-0.3, -0.25) is 9.79 Å². The van der Waals surface area contributed by atoms with Crippen LogP contribution in [0.5, 0.6) is 0 Å². The summed E-state index contributed by atoms with van der Waals surface area (Å²) in [5.74, 6) is 1.82. The fourth-order valence-corrected chi connectivity index (χ4v) is 3.75. The summed E-state index contributed by atoms with van der Waals surface area (Å²) >= 11 is 0. The number of piperidine rings is 1. The molecule has 1 N–H and O–H groups in total. The summed E-state index contributed by atoms with van der Waals surface area (Å²) in [6, 6.07) is 4.23. The van der Waals surface area contributed by atoms with E-state index >= 15 is 0 Å². The van der Waals surface area contributed by atoms with Crippen LogP contribution in [0.25, 0.3) is 0 Å². The van der Waals surface area contributed by atoms with Crippen molar-refractivity contribution in [2.24, 2.45) is 10.9 Å². The van der Waals surface area contributed by atoms with Gasteiger partial charge in [0, 0.05) is 59.1 Å². The number of nitrogens with zero attached hydrogens (tertiary/aromatic N) is 5. The highest BCUT2D eigenvalue weighted by Crippen LogP contribution is 2.18. The molecule has 0 spiro atoms. The highest BCUT2D eigenvalue weighted by molar-refractivity contribution is 5.80. The lowest BCUT2D eigenvalue weighted by atomic mass is 9.97. The molecule has 3 rings (SSSR count). The Morgan fingerprint density at radius 3 is 2.50 bits per heavy atom. The second kappa shape index (κ2) is 9.73. The zero-order valence-corrected chi connectivity index (χ0v) is 17.2. The van der Waals surface area contributed by atoms with Gasteiger partial charge in [0.2, 0.25) is 0 Å². The highest BCUT2D eigenvalue weighted by Gasteiger charge is 2.26. The van der Waals surface area contributed by atoms with Crippen molar-refractivity contribution < 1.29 is 9.53 Å². The molecule has 0 aliphatic carbocycles. The molecule has 2 saturated heterocycles. The van der Waals surface area contributed by atoms with Crippen LogP contribution in [0.15, 0.2) is 23.3 Å². The van der Waals surface area contributed by atoms with Gasteiger partial charge in [0.05, 0.1) is 13.0 Å². The fourth-order valence-electron chi connectivity index (χ4n) is 3.75. The van der Waals surface area contributed by atoms with E-state index in [1.807, 2.05) is 6.20 Å². The molecule has 1 aromatic rings. The highest BCUT2D eigenvalue weighted by atomic mass is 16.5. The Morgan fingerprint density at radius 1 is 1.21 bits per heavy atom. The van der Waals surface area contributed by atoms with Gasteiger partial charge in [-0.1, -0.05) is 6.07 Å². The zero-order valence-electron chi connectivity index (χ0n) is 17.2. The van der Waals surface area contributed by atoms with Crippen molar-refractivity contribution >= 4 is 17.7 Å². The third-order valence-electron chi connectivity index (χ3n) is 5.63. The number of aromatic nitrogens is 1. The molecule has 0 aromatic carbocycles. The summed E-state index contributed by atoms with van der Waals surface area (Å²) in [7, 11) is 5.41. The molecule has 3 heterocycles. The van der Waals surface area contributed by atoms with Crippen molar-refractivity contribution in [2.45, 2.75) is 19.4 Å².